The second kappa shape index (κ2) is 8.51. The molecule has 0 saturated carbocycles. The summed E-state index contributed by atoms with van der Waals surface area (Å²) in [6, 6.07) is 6.93. The second-order valence-corrected chi connectivity index (χ2v) is 5.67. The van der Waals surface area contributed by atoms with Crippen molar-refractivity contribution >= 4 is 17.2 Å². The molecule has 0 spiro atoms. The molecule has 0 bridgehead atoms. The largest absolute Gasteiger partial charge is 0.469 e. The third-order valence-electron chi connectivity index (χ3n) is 3.73. The number of aromatic nitrogens is 1. The number of hydrogen-bond acceptors (Lipinski definition) is 4. The van der Waals surface area contributed by atoms with Crippen molar-refractivity contribution in [1.82, 2.24) is 4.98 Å². The molecule has 0 saturated heterocycles. The number of allylic oxidation sites excluding steroid dienone is 1. The molecule has 0 radical (unpaired) electrons. The average Bonchev–Trinajstić information content (AvgIpc) is 2.61. The number of unbranched alkanes of at least 4 members (excludes halogenated alkanes) is 1. The molecule has 7 heteroatoms. The van der Waals surface area contributed by atoms with Crippen LogP contribution >= 0.6 is 0 Å². The Morgan fingerprint density at radius 3 is 2.65 bits per heavy atom. The number of benzene rings is 1. The first-order valence-electron chi connectivity index (χ1n) is 7.97. The molecule has 0 fully saturated rings. The van der Waals surface area contributed by atoms with Crippen molar-refractivity contribution in [3.63, 3.8) is 0 Å². The van der Waals surface area contributed by atoms with Crippen molar-refractivity contribution in [3.8, 4) is 0 Å². The minimum absolute atomic E-state index is 0.0270. The van der Waals surface area contributed by atoms with Gasteiger partial charge < -0.3 is 10.5 Å². The van der Waals surface area contributed by atoms with E-state index in [4.69, 9.17) is 5.73 Å². The number of esters is 1. The number of alkyl halides is 3. The number of methoxy groups -OCH3 is 1. The third kappa shape index (κ3) is 5.34. The number of nitrogens with zero attached hydrogens (tertiary/aromatic N) is 1. The number of anilines is 1. The molecular weight excluding hydrogens is 345 g/mol. The molecule has 0 atom stereocenters. The number of nitrogen functional groups attached to an aromatic ring is 1. The van der Waals surface area contributed by atoms with E-state index in [1.807, 2.05) is 0 Å². The van der Waals surface area contributed by atoms with Crippen molar-refractivity contribution in [1.29, 1.82) is 0 Å². The summed E-state index contributed by atoms with van der Waals surface area (Å²) in [5.41, 5.74) is 6.50. The van der Waals surface area contributed by atoms with Crippen LogP contribution in [0.25, 0.3) is 5.57 Å². The highest BCUT2D eigenvalue weighted by Gasteiger charge is 2.31. The standard InChI is InChI=1S/C19H19F3N2O2/c1-26-18(25)7-3-2-6-17(13-5-4-8-24-12-13)14-9-15(19(20,21)22)11-16(23)10-14/h4-6,8-12H,2-3,7,23H2,1H3. The van der Waals surface area contributed by atoms with Gasteiger partial charge >= 0.3 is 12.1 Å². The quantitative estimate of drug-likeness (QED) is 0.467. The molecule has 2 aromatic rings. The van der Waals surface area contributed by atoms with E-state index in [1.54, 1.807) is 30.6 Å². The van der Waals surface area contributed by atoms with Crippen molar-refractivity contribution in [2.24, 2.45) is 0 Å². The number of nitrogens with two attached hydrogens (primary N) is 1. The molecule has 1 aromatic carbocycles. The van der Waals surface area contributed by atoms with Gasteiger partial charge in [0.15, 0.2) is 0 Å². The van der Waals surface area contributed by atoms with Crippen LogP contribution in [0.15, 0.2) is 48.8 Å². The van der Waals surface area contributed by atoms with Crippen molar-refractivity contribution in [2.45, 2.75) is 25.4 Å². The zero-order chi connectivity index (χ0) is 19.2. The fourth-order valence-corrected chi connectivity index (χ4v) is 2.49. The van der Waals surface area contributed by atoms with Gasteiger partial charge in [0, 0.05) is 30.1 Å². The summed E-state index contributed by atoms with van der Waals surface area (Å²) in [4.78, 5) is 15.2. The maximum absolute atomic E-state index is 13.1. The van der Waals surface area contributed by atoms with Gasteiger partial charge in [-0.15, -0.1) is 0 Å². The molecule has 2 N–H and O–H groups in total. The summed E-state index contributed by atoms with van der Waals surface area (Å²) >= 11 is 0. The summed E-state index contributed by atoms with van der Waals surface area (Å²) in [6.45, 7) is 0. The minimum Gasteiger partial charge on any atom is -0.469 e. The van der Waals surface area contributed by atoms with Crippen LogP contribution < -0.4 is 5.73 Å². The molecule has 1 aromatic heterocycles. The lowest BCUT2D eigenvalue weighted by molar-refractivity contribution is -0.140. The molecule has 0 amide bonds. The molecule has 4 nitrogen and oxygen atoms in total. The van der Waals surface area contributed by atoms with Gasteiger partial charge in [-0.3, -0.25) is 9.78 Å². The van der Waals surface area contributed by atoms with E-state index < -0.39 is 11.7 Å². The van der Waals surface area contributed by atoms with E-state index in [2.05, 4.69) is 9.72 Å². The monoisotopic (exact) mass is 364 g/mol. The van der Waals surface area contributed by atoms with E-state index in [0.29, 0.717) is 29.5 Å². The van der Waals surface area contributed by atoms with E-state index in [0.717, 1.165) is 12.1 Å². The summed E-state index contributed by atoms with van der Waals surface area (Å²) < 4.78 is 43.9. The lowest BCUT2D eigenvalue weighted by atomic mass is 9.95. The topological polar surface area (TPSA) is 65.2 Å². The van der Waals surface area contributed by atoms with Crippen LogP contribution in [0.3, 0.4) is 0 Å². The average molecular weight is 364 g/mol. The Balaban J connectivity index is 2.38. The van der Waals surface area contributed by atoms with Crippen LogP contribution in [-0.4, -0.2) is 18.1 Å². The molecule has 26 heavy (non-hydrogen) atoms. The first-order chi connectivity index (χ1) is 12.3. The third-order valence-corrected chi connectivity index (χ3v) is 3.73. The van der Waals surface area contributed by atoms with Crippen molar-refractivity contribution < 1.29 is 22.7 Å². The molecule has 0 aliphatic heterocycles. The zero-order valence-corrected chi connectivity index (χ0v) is 14.2. The lowest BCUT2D eigenvalue weighted by Gasteiger charge is -2.13. The smallest absolute Gasteiger partial charge is 0.416 e. The Labute approximate surface area is 149 Å². The minimum atomic E-state index is -4.49. The highest BCUT2D eigenvalue weighted by atomic mass is 19.4. The van der Waals surface area contributed by atoms with Gasteiger partial charge in [-0.25, -0.2) is 0 Å². The van der Waals surface area contributed by atoms with E-state index in [-0.39, 0.29) is 18.1 Å². The number of hydrogen-bond donors (Lipinski definition) is 1. The Morgan fingerprint density at radius 2 is 2.04 bits per heavy atom. The SMILES string of the molecule is COC(=O)CCCC=C(c1cccnc1)c1cc(N)cc(C(F)(F)F)c1. The van der Waals surface area contributed by atoms with E-state index in [9.17, 15) is 18.0 Å². The number of carbonyl (C=O) groups is 1. The Bertz CT molecular complexity index is 787. The summed E-state index contributed by atoms with van der Waals surface area (Å²) in [5, 5.41) is 0. The number of ether oxygens (including phenoxy) is 1. The van der Waals surface area contributed by atoms with Crippen LogP contribution in [0.1, 0.15) is 36.0 Å². The molecule has 138 valence electrons. The maximum Gasteiger partial charge on any atom is 0.416 e. The van der Waals surface area contributed by atoms with E-state index in [1.165, 1.54) is 13.2 Å². The molecular formula is C19H19F3N2O2. The van der Waals surface area contributed by atoms with Gasteiger partial charge in [0.2, 0.25) is 0 Å². The Morgan fingerprint density at radius 1 is 1.27 bits per heavy atom. The first kappa shape index (κ1) is 19.5. The van der Waals surface area contributed by atoms with Crippen LogP contribution in [-0.2, 0) is 15.7 Å². The maximum atomic E-state index is 13.1. The van der Waals surface area contributed by atoms with E-state index >= 15 is 0 Å². The van der Waals surface area contributed by atoms with Gasteiger partial charge in [0.1, 0.15) is 0 Å². The molecule has 0 aliphatic rings. The van der Waals surface area contributed by atoms with Gasteiger partial charge in [-0.05, 0) is 48.2 Å². The number of halogens is 3. The normalized spacial score (nSPS) is 12.1. The molecule has 0 unspecified atom stereocenters. The predicted octanol–water partition coefficient (Wildman–Crippen LogP) is 4.46. The lowest BCUT2D eigenvalue weighted by Crippen LogP contribution is -2.07. The molecule has 1 heterocycles. The van der Waals surface area contributed by atoms with Gasteiger partial charge in [-0.2, -0.15) is 13.2 Å². The summed E-state index contributed by atoms with van der Waals surface area (Å²) in [5.74, 6) is -0.329. The molecule has 0 aliphatic carbocycles. The fourth-order valence-electron chi connectivity index (χ4n) is 2.49. The van der Waals surface area contributed by atoms with Crippen LogP contribution in [0, 0.1) is 0 Å². The highest BCUT2D eigenvalue weighted by Crippen LogP contribution is 2.34. The van der Waals surface area contributed by atoms with Crippen LogP contribution in [0.5, 0.6) is 0 Å². The number of rotatable bonds is 6. The van der Waals surface area contributed by atoms with Crippen molar-refractivity contribution in [2.75, 3.05) is 12.8 Å². The second-order valence-electron chi connectivity index (χ2n) is 5.67. The highest BCUT2D eigenvalue weighted by molar-refractivity contribution is 5.81. The Kier molecular flexibility index (Phi) is 6.38. The zero-order valence-electron chi connectivity index (χ0n) is 14.2. The number of carbonyl (C=O) groups excluding carboxylic acids is 1. The predicted molar refractivity (Wildman–Crippen MR) is 93.0 cm³/mol. The summed E-state index contributed by atoms with van der Waals surface area (Å²) in [6.07, 6.45) is 1.70. The van der Waals surface area contributed by atoms with Gasteiger partial charge in [0.05, 0.1) is 12.7 Å². The van der Waals surface area contributed by atoms with Crippen molar-refractivity contribution in [3.05, 3.63) is 65.5 Å². The summed E-state index contributed by atoms with van der Waals surface area (Å²) in [7, 11) is 1.31. The first-order valence-corrected chi connectivity index (χ1v) is 7.97. The van der Waals surface area contributed by atoms with Crippen LogP contribution in [0.2, 0.25) is 0 Å². The van der Waals surface area contributed by atoms with Gasteiger partial charge in [-0.1, -0.05) is 12.1 Å². The Hall–Kier alpha value is -2.83. The van der Waals surface area contributed by atoms with Crippen LogP contribution in [0.4, 0.5) is 18.9 Å². The number of pyridine rings is 1. The molecule has 2 rings (SSSR count). The fraction of sp³-hybridized carbons (Fsp3) is 0.263. The van der Waals surface area contributed by atoms with Gasteiger partial charge in [0.25, 0.3) is 0 Å².